The van der Waals surface area contributed by atoms with Crippen LogP contribution in [0.1, 0.15) is 5.01 Å². The molecule has 150 valence electrons. The summed E-state index contributed by atoms with van der Waals surface area (Å²) in [5, 5.41) is 2.51. The maximum absolute atomic E-state index is 12.6. The maximum Gasteiger partial charge on any atom is 0.445 e. The number of aromatic nitrogens is 2. The topological polar surface area (TPSA) is 66.9 Å². The minimum absolute atomic E-state index is 0.321. The second kappa shape index (κ2) is 6.31. The van der Waals surface area contributed by atoms with Crippen molar-refractivity contribution < 1.29 is 57.5 Å². The number of carbonyl (C=O) groups excluding carboxylic acids is 1. The van der Waals surface area contributed by atoms with Crippen molar-refractivity contribution in [3.8, 4) is 0 Å². The van der Waals surface area contributed by atoms with Crippen molar-refractivity contribution in [2.45, 2.75) is 30.2 Å². The molecule has 0 radical (unpaired) electrons. The van der Waals surface area contributed by atoms with Gasteiger partial charge in [0.15, 0.2) is 0 Å². The van der Waals surface area contributed by atoms with Crippen LogP contribution in [-0.2, 0) is 6.18 Å². The summed E-state index contributed by atoms with van der Waals surface area (Å²) < 4.78 is 150. The van der Waals surface area contributed by atoms with E-state index in [0.29, 0.717) is 0 Å². The Bertz CT molecular complexity index is 620. The molecule has 0 aliphatic heterocycles. The van der Waals surface area contributed by atoms with Gasteiger partial charge in [0.2, 0.25) is 10.1 Å². The Morgan fingerprint density at radius 2 is 1.19 bits per heavy atom. The summed E-state index contributed by atoms with van der Waals surface area (Å²) in [7, 11) is 0. The molecule has 0 atom stereocenters. The minimum atomic E-state index is -7.08. The molecule has 2 amide bonds. The first kappa shape index (κ1) is 22.0. The summed E-state index contributed by atoms with van der Waals surface area (Å²) in [6.45, 7) is 0. The van der Waals surface area contributed by atoms with E-state index in [-0.39, 0.29) is 5.32 Å². The number of hydrogen-bond donors (Lipinski definition) is 2. The normalized spacial score (nSPS) is 14.3. The van der Waals surface area contributed by atoms with E-state index in [1.54, 1.807) is 0 Å². The molecule has 0 saturated carbocycles. The van der Waals surface area contributed by atoms with Crippen LogP contribution in [0, 0.1) is 0 Å². The fourth-order valence-corrected chi connectivity index (χ4v) is 1.99. The third kappa shape index (κ3) is 4.04. The number of urea groups is 1. The van der Waals surface area contributed by atoms with Crippen LogP contribution in [0.2, 0.25) is 0 Å². The average Bonchev–Trinajstić information content (AvgIpc) is 2.79. The van der Waals surface area contributed by atoms with Crippen molar-refractivity contribution in [3.05, 3.63) is 5.01 Å². The second-order valence-corrected chi connectivity index (χ2v) is 5.21. The van der Waals surface area contributed by atoms with Crippen LogP contribution in [0.5, 0.6) is 0 Å². The van der Waals surface area contributed by atoms with Gasteiger partial charge >= 0.3 is 36.3 Å². The van der Waals surface area contributed by atoms with Gasteiger partial charge in [0, 0.05) is 0 Å². The number of halogens is 12. The van der Waals surface area contributed by atoms with E-state index in [1.165, 1.54) is 0 Å². The van der Waals surface area contributed by atoms with Crippen LogP contribution in [0.3, 0.4) is 0 Å². The lowest BCUT2D eigenvalue weighted by molar-refractivity contribution is -0.386. The van der Waals surface area contributed by atoms with Crippen molar-refractivity contribution >= 4 is 22.5 Å². The van der Waals surface area contributed by atoms with Gasteiger partial charge in [0.05, 0.1) is 0 Å². The molecule has 5 nitrogen and oxygen atoms in total. The van der Waals surface area contributed by atoms with Gasteiger partial charge in [-0.1, -0.05) is 11.3 Å². The van der Waals surface area contributed by atoms with Crippen LogP contribution in [-0.4, -0.2) is 40.3 Å². The highest BCUT2D eigenvalue weighted by Crippen LogP contribution is 2.52. The molecule has 0 aliphatic rings. The smallest absolute Gasteiger partial charge is 0.308 e. The first-order chi connectivity index (χ1) is 11.3. The molecule has 1 aromatic rings. The van der Waals surface area contributed by atoms with Gasteiger partial charge in [-0.25, -0.2) is 4.79 Å². The van der Waals surface area contributed by atoms with E-state index in [0.717, 1.165) is 5.32 Å². The van der Waals surface area contributed by atoms with Gasteiger partial charge in [-0.3, -0.25) is 5.32 Å². The number of nitrogens with zero attached hydrogens (tertiary/aromatic N) is 2. The van der Waals surface area contributed by atoms with Crippen molar-refractivity contribution in [1.29, 1.82) is 0 Å². The summed E-state index contributed by atoms with van der Waals surface area (Å²) in [6, 6.07) is -2.76. The van der Waals surface area contributed by atoms with E-state index < -0.39 is 57.8 Å². The van der Waals surface area contributed by atoms with E-state index >= 15 is 0 Å². The Hall–Kier alpha value is -2.01. The van der Waals surface area contributed by atoms with Crippen molar-refractivity contribution in [2.24, 2.45) is 0 Å². The van der Waals surface area contributed by atoms with E-state index in [4.69, 9.17) is 0 Å². The number of carbonyl (C=O) groups is 1. The van der Waals surface area contributed by atoms with Gasteiger partial charge in [-0.15, -0.1) is 10.2 Å². The summed E-state index contributed by atoms with van der Waals surface area (Å²) in [6.07, 6.45) is -26.4. The Morgan fingerprint density at radius 1 is 0.769 bits per heavy atom. The number of anilines is 1. The third-order valence-electron chi connectivity index (χ3n) is 2.46. The molecule has 18 heteroatoms. The predicted octanol–water partition coefficient (Wildman–Crippen LogP) is 4.10. The highest BCUT2D eigenvalue weighted by Gasteiger charge is 2.84. The molecular weight excluding hydrogens is 428 g/mol. The van der Waals surface area contributed by atoms with Crippen LogP contribution < -0.4 is 10.6 Å². The van der Waals surface area contributed by atoms with Crippen molar-refractivity contribution in [2.75, 3.05) is 5.32 Å². The molecule has 0 aromatic carbocycles. The van der Waals surface area contributed by atoms with Crippen molar-refractivity contribution in [3.63, 3.8) is 0 Å². The van der Waals surface area contributed by atoms with Gasteiger partial charge < -0.3 is 5.32 Å². The Kier molecular flexibility index (Phi) is 5.34. The fourth-order valence-electron chi connectivity index (χ4n) is 1.38. The molecule has 1 aromatic heterocycles. The summed E-state index contributed by atoms with van der Waals surface area (Å²) in [4.78, 5) is 11.2. The van der Waals surface area contributed by atoms with E-state index in [2.05, 4.69) is 10.2 Å². The number of hydrogen-bond acceptors (Lipinski definition) is 4. The Labute approximate surface area is 137 Å². The predicted molar refractivity (Wildman–Crippen MR) is 58.0 cm³/mol. The van der Waals surface area contributed by atoms with Gasteiger partial charge in [0.25, 0.3) is 0 Å². The van der Waals surface area contributed by atoms with Crippen LogP contribution in [0.4, 0.5) is 62.6 Å². The lowest BCUT2D eigenvalue weighted by atomic mass is 9.97. The second-order valence-electron chi connectivity index (χ2n) is 4.23. The Balaban J connectivity index is 3.20. The zero-order chi connectivity index (χ0) is 20.8. The molecule has 0 fully saturated rings. The minimum Gasteiger partial charge on any atom is -0.308 e. The highest BCUT2D eigenvalue weighted by atomic mass is 32.1. The molecule has 0 unspecified atom stereocenters. The zero-order valence-corrected chi connectivity index (χ0v) is 12.1. The molecule has 0 aliphatic carbocycles. The standard InChI is InChI=1S/C8H2F12N4OS/c9-4(10,11)1-23-24-3(26-1)21-2(25)22-5(6(12,13)14,7(15,16)17)8(18,19)20/h(H2,21,22,24,25). The number of amides is 2. The molecule has 0 bridgehead atoms. The van der Waals surface area contributed by atoms with Crippen LogP contribution in [0.25, 0.3) is 0 Å². The third-order valence-corrected chi connectivity index (χ3v) is 3.35. The van der Waals surface area contributed by atoms with E-state index in [1.807, 2.05) is 0 Å². The number of alkyl halides is 12. The monoisotopic (exact) mass is 430 g/mol. The quantitative estimate of drug-likeness (QED) is 0.695. The van der Waals surface area contributed by atoms with E-state index in [9.17, 15) is 57.5 Å². The summed E-state index contributed by atoms with van der Waals surface area (Å²) in [5.74, 6) is 0. The zero-order valence-electron chi connectivity index (χ0n) is 11.2. The van der Waals surface area contributed by atoms with Gasteiger partial charge in [-0.2, -0.15) is 52.7 Å². The van der Waals surface area contributed by atoms with Crippen molar-refractivity contribution in [1.82, 2.24) is 15.5 Å². The summed E-state index contributed by atoms with van der Waals surface area (Å²) >= 11 is -0.546. The summed E-state index contributed by atoms with van der Waals surface area (Å²) in [5.41, 5.74) is -6.67. The maximum atomic E-state index is 12.6. The SMILES string of the molecule is O=C(Nc1nnc(C(F)(F)F)s1)NC(C(F)(F)F)(C(F)(F)F)C(F)(F)F. The number of rotatable bonds is 2. The largest absolute Gasteiger partial charge is 0.445 e. The molecule has 0 saturated heterocycles. The van der Waals surface area contributed by atoms with Gasteiger partial charge in [0.1, 0.15) is 0 Å². The molecule has 1 rings (SSSR count). The molecular formula is C8H2F12N4OS. The molecule has 1 heterocycles. The van der Waals surface area contributed by atoms with Crippen LogP contribution in [0.15, 0.2) is 0 Å². The fraction of sp³-hybridized carbons (Fsp3) is 0.625. The first-order valence-electron chi connectivity index (χ1n) is 5.53. The lowest BCUT2D eigenvalue weighted by Crippen LogP contribution is -2.75. The van der Waals surface area contributed by atoms with Gasteiger partial charge in [-0.05, 0) is 0 Å². The number of nitrogens with one attached hydrogen (secondary N) is 2. The Morgan fingerprint density at radius 3 is 1.50 bits per heavy atom. The molecule has 0 spiro atoms. The lowest BCUT2D eigenvalue weighted by Gasteiger charge is -2.38. The molecule has 2 N–H and O–H groups in total. The first-order valence-corrected chi connectivity index (χ1v) is 6.34. The highest BCUT2D eigenvalue weighted by molar-refractivity contribution is 7.15. The average molecular weight is 430 g/mol. The van der Waals surface area contributed by atoms with Crippen LogP contribution >= 0.6 is 11.3 Å². The molecule has 26 heavy (non-hydrogen) atoms.